The number of pyridine rings is 1. The molecule has 2 aliphatic heterocycles. The van der Waals surface area contributed by atoms with Gasteiger partial charge in [0.25, 0.3) is 5.91 Å². The summed E-state index contributed by atoms with van der Waals surface area (Å²) < 4.78 is 44.2. The first-order chi connectivity index (χ1) is 13.3. The summed E-state index contributed by atoms with van der Waals surface area (Å²) >= 11 is 0. The van der Waals surface area contributed by atoms with Crippen LogP contribution in [0, 0.1) is 0 Å². The molecule has 8 heteroatoms. The van der Waals surface area contributed by atoms with Crippen LogP contribution in [0.1, 0.15) is 43.9 Å². The number of halogens is 3. The van der Waals surface area contributed by atoms with Crippen molar-refractivity contribution < 1.29 is 22.7 Å². The third kappa shape index (κ3) is 3.76. The number of hydrogen-bond donors (Lipinski definition) is 0. The summed E-state index contributed by atoms with van der Waals surface area (Å²) in [6, 6.07) is 2.55. The normalized spacial score (nSPS) is 24.1. The third-order valence-electron chi connectivity index (χ3n) is 6.25. The highest BCUT2D eigenvalue weighted by Crippen LogP contribution is 2.49. The number of carbonyl (C=O) groups excluding carboxylic acids is 1. The summed E-state index contributed by atoms with van der Waals surface area (Å²) in [5.74, 6) is 0.151. The molecule has 0 bridgehead atoms. The Balaban J connectivity index is 1.30. The fraction of sp³-hybridized carbons (Fsp3) is 0.700. The number of hydrogen-bond acceptors (Lipinski definition) is 4. The van der Waals surface area contributed by atoms with Crippen molar-refractivity contribution in [2.24, 2.45) is 0 Å². The molecule has 3 fully saturated rings. The molecular formula is C20H26F3N3O2. The van der Waals surface area contributed by atoms with Crippen LogP contribution < -0.4 is 0 Å². The van der Waals surface area contributed by atoms with E-state index in [0.717, 1.165) is 63.5 Å². The first kappa shape index (κ1) is 19.6. The molecule has 28 heavy (non-hydrogen) atoms. The zero-order chi connectivity index (χ0) is 20.0. The van der Waals surface area contributed by atoms with Crippen LogP contribution in [0.4, 0.5) is 13.2 Å². The van der Waals surface area contributed by atoms with Gasteiger partial charge in [-0.15, -0.1) is 0 Å². The maximum atomic E-state index is 12.6. The molecule has 4 rings (SSSR count). The second-order valence-electron chi connectivity index (χ2n) is 8.24. The Morgan fingerprint density at radius 1 is 1.18 bits per heavy atom. The van der Waals surface area contributed by atoms with E-state index in [2.05, 4.69) is 9.88 Å². The highest BCUT2D eigenvalue weighted by atomic mass is 19.4. The van der Waals surface area contributed by atoms with Crippen molar-refractivity contribution in [1.29, 1.82) is 0 Å². The minimum absolute atomic E-state index is 0.151. The number of likely N-dealkylation sites (N-methyl/N-ethyl adjacent to an activating group) is 1. The van der Waals surface area contributed by atoms with Crippen LogP contribution in [0.3, 0.4) is 0 Å². The minimum atomic E-state index is -4.40. The summed E-state index contributed by atoms with van der Waals surface area (Å²) in [5.41, 5.74) is -0.841. The fourth-order valence-electron chi connectivity index (χ4n) is 4.35. The van der Waals surface area contributed by atoms with E-state index >= 15 is 0 Å². The Morgan fingerprint density at radius 2 is 1.89 bits per heavy atom. The van der Waals surface area contributed by atoms with Gasteiger partial charge in [-0.25, -0.2) is 0 Å². The van der Waals surface area contributed by atoms with E-state index in [1.54, 1.807) is 0 Å². The lowest BCUT2D eigenvalue weighted by Gasteiger charge is -2.50. The predicted octanol–water partition coefficient (Wildman–Crippen LogP) is 2.89. The quantitative estimate of drug-likeness (QED) is 0.784. The molecule has 0 unspecified atom stereocenters. The Labute approximate surface area is 162 Å². The number of likely N-dealkylation sites (tertiary alicyclic amines) is 1. The van der Waals surface area contributed by atoms with Crippen molar-refractivity contribution in [2.45, 2.75) is 56.4 Å². The number of carbonyl (C=O) groups is 1. The molecule has 0 N–H and O–H groups in total. The van der Waals surface area contributed by atoms with Crippen molar-refractivity contribution in [3.8, 4) is 0 Å². The van der Waals surface area contributed by atoms with E-state index in [9.17, 15) is 18.0 Å². The lowest BCUT2D eigenvalue weighted by atomic mass is 9.87. The van der Waals surface area contributed by atoms with Gasteiger partial charge in [0.1, 0.15) is 11.3 Å². The Kier molecular flexibility index (Phi) is 4.90. The highest BCUT2D eigenvalue weighted by Gasteiger charge is 2.61. The maximum absolute atomic E-state index is 12.6. The summed E-state index contributed by atoms with van der Waals surface area (Å²) in [5, 5.41) is 0. The van der Waals surface area contributed by atoms with Crippen LogP contribution in [-0.2, 0) is 22.1 Å². The molecule has 3 aliphatic rings. The monoisotopic (exact) mass is 397 g/mol. The lowest BCUT2D eigenvalue weighted by molar-refractivity contribution is -0.200. The molecule has 1 aromatic rings. The molecule has 2 saturated heterocycles. The van der Waals surface area contributed by atoms with Crippen molar-refractivity contribution in [2.75, 3.05) is 32.7 Å². The molecule has 3 heterocycles. The summed E-state index contributed by atoms with van der Waals surface area (Å²) in [6.07, 6.45) is 1.01. The molecule has 2 spiro atoms. The number of piperidine rings is 1. The Bertz CT molecular complexity index is 723. The van der Waals surface area contributed by atoms with E-state index in [-0.39, 0.29) is 11.5 Å². The van der Waals surface area contributed by atoms with Crippen LogP contribution in [0.5, 0.6) is 0 Å². The van der Waals surface area contributed by atoms with Crippen LogP contribution >= 0.6 is 0 Å². The topological polar surface area (TPSA) is 45.7 Å². The molecular weight excluding hydrogens is 371 g/mol. The number of amides is 1. The van der Waals surface area contributed by atoms with Crippen molar-refractivity contribution in [3.05, 3.63) is 29.6 Å². The number of alkyl halides is 3. The van der Waals surface area contributed by atoms with Gasteiger partial charge in [-0.2, -0.15) is 13.2 Å². The van der Waals surface area contributed by atoms with Crippen LogP contribution in [0.2, 0.25) is 0 Å². The van der Waals surface area contributed by atoms with Crippen LogP contribution in [-0.4, -0.2) is 64.6 Å². The average Bonchev–Trinajstić information content (AvgIpc) is 3.44. The van der Waals surface area contributed by atoms with Crippen LogP contribution in [0.15, 0.2) is 18.3 Å². The number of nitrogens with zero attached hydrogens (tertiary/aromatic N) is 3. The number of morpholine rings is 1. The van der Waals surface area contributed by atoms with Gasteiger partial charge in [-0.1, -0.05) is 6.07 Å². The number of ether oxygens (including phenoxy) is 1. The molecule has 1 saturated carbocycles. The van der Waals surface area contributed by atoms with Crippen molar-refractivity contribution in [3.63, 3.8) is 0 Å². The molecule has 154 valence electrons. The SMILES string of the molecule is CCN1CC2(CCN(CCc3ccc(C(F)(F)F)nc3)CC2)OC2(CC2)C1=O. The van der Waals surface area contributed by atoms with Gasteiger partial charge in [0, 0.05) is 38.9 Å². The smallest absolute Gasteiger partial charge is 0.357 e. The van der Waals surface area contributed by atoms with E-state index in [1.165, 1.54) is 12.3 Å². The zero-order valence-electron chi connectivity index (χ0n) is 16.1. The molecule has 0 aromatic carbocycles. The lowest BCUT2D eigenvalue weighted by Crippen LogP contribution is -2.62. The third-order valence-corrected chi connectivity index (χ3v) is 6.25. The summed E-state index contributed by atoms with van der Waals surface area (Å²) in [4.78, 5) is 20.3. The van der Waals surface area contributed by atoms with Gasteiger partial charge in [0.15, 0.2) is 0 Å². The maximum Gasteiger partial charge on any atom is 0.433 e. The van der Waals surface area contributed by atoms with E-state index in [1.807, 2.05) is 11.8 Å². The second kappa shape index (κ2) is 6.99. The van der Waals surface area contributed by atoms with Gasteiger partial charge in [-0.05, 0) is 50.7 Å². The molecule has 1 aliphatic carbocycles. The van der Waals surface area contributed by atoms with Gasteiger partial charge in [-0.3, -0.25) is 9.78 Å². The van der Waals surface area contributed by atoms with Crippen molar-refractivity contribution in [1.82, 2.24) is 14.8 Å². The van der Waals surface area contributed by atoms with Crippen LogP contribution in [0.25, 0.3) is 0 Å². The second-order valence-corrected chi connectivity index (χ2v) is 8.24. The van der Waals surface area contributed by atoms with Gasteiger partial charge >= 0.3 is 6.18 Å². The first-order valence-corrected chi connectivity index (χ1v) is 9.99. The largest absolute Gasteiger partial charge is 0.433 e. The first-order valence-electron chi connectivity index (χ1n) is 9.99. The minimum Gasteiger partial charge on any atom is -0.357 e. The van der Waals surface area contributed by atoms with E-state index in [4.69, 9.17) is 4.74 Å². The summed E-state index contributed by atoms with van der Waals surface area (Å²) in [7, 11) is 0. The fourth-order valence-corrected chi connectivity index (χ4v) is 4.35. The van der Waals surface area contributed by atoms with Crippen molar-refractivity contribution >= 4 is 5.91 Å². The summed E-state index contributed by atoms with van der Waals surface area (Å²) in [6.45, 7) is 5.92. The number of aromatic nitrogens is 1. The average molecular weight is 397 g/mol. The van der Waals surface area contributed by atoms with Gasteiger partial charge in [0.05, 0.1) is 5.60 Å². The Hall–Kier alpha value is -1.67. The molecule has 1 aromatic heterocycles. The molecule has 5 nitrogen and oxygen atoms in total. The highest BCUT2D eigenvalue weighted by molar-refractivity contribution is 5.89. The predicted molar refractivity (Wildman–Crippen MR) is 96.7 cm³/mol. The standard InChI is InChI=1S/C20H26F3N3O2/c1-2-26-14-18(28-19(6-7-19)17(26)27)8-11-25(12-9-18)10-5-15-3-4-16(24-13-15)20(21,22)23/h3-4,13H,2,5-12,14H2,1H3. The van der Waals surface area contributed by atoms with Gasteiger partial charge in [0.2, 0.25) is 0 Å². The molecule has 0 radical (unpaired) electrons. The van der Waals surface area contributed by atoms with Gasteiger partial charge < -0.3 is 14.5 Å². The zero-order valence-corrected chi connectivity index (χ0v) is 16.1. The molecule has 0 atom stereocenters. The number of rotatable bonds is 4. The van der Waals surface area contributed by atoms with E-state index < -0.39 is 17.5 Å². The van der Waals surface area contributed by atoms with E-state index in [0.29, 0.717) is 13.0 Å². The molecule has 1 amide bonds. The Morgan fingerprint density at radius 3 is 2.43 bits per heavy atom.